The summed E-state index contributed by atoms with van der Waals surface area (Å²) in [6.45, 7) is 4.83. The molecule has 0 spiro atoms. The Bertz CT molecular complexity index is 747. The van der Waals surface area contributed by atoms with Gasteiger partial charge in [-0.25, -0.2) is 9.97 Å². The van der Waals surface area contributed by atoms with Gasteiger partial charge in [-0.15, -0.1) is 0 Å². The van der Waals surface area contributed by atoms with Crippen LogP contribution in [-0.4, -0.2) is 34.4 Å². The zero-order valence-corrected chi connectivity index (χ0v) is 15.2. The second-order valence-electron chi connectivity index (χ2n) is 6.88. The summed E-state index contributed by atoms with van der Waals surface area (Å²) in [5.74, 6) is 1.72. The van der Waals surface area contributed by atoms with Crippen LogP contribution in [0.1, 0.15) is 43.3 Å². The molecule has 2 aromatic rings. The summed E-state index contributed by atoms with van der Waals surface area (Å²) >= 11 is 0. The average molecular weight is 338 g/mol. The minimum Gasteiger partial charge on any atom is -0.373 e. The molecule has 1 aromatic heterocycles. The van der Waals surface area contributed by atoms with E-state index >= 15 is 0 Å². The van der Waals surface area contributed by atoms with E-state index in [1.165, 1.54) is 5.56 Å². The summed E-state index contributed by atoms with van der Waals surface area (Å²) in [6, 6.07) is 12.1. The van der Waals surface area contributed by atoms with Crippen molar-refractivity contribution < 1.29 is 4.79 Å². The van der Waals surface area contributed by atoms with Crippen LogP contribution in [0.4, 0.5) is 5.82 Å². The molecule has 5 heteroatoms. The lowest BCUT2D eigenvalue weighted by molar-refractivity contribution is -0.135. The molecule has 0 saturated carbocycles. The highest BCUT2D eigenvalue weighted by Gasteiger charge is 2.43. The van der Waals surface area contributed by atoms with Gasteiger partial charge in [0.1, 0.15) is 5.82 Å². The summed E-state index contributed by atoms with van der Waals surface area (Å²) < 4.78 is 0. The fraction of sp³-hybridized carbons (Fsp3) is 0.450. The van der Waals surface area contributed by atoms with Gasteiger partial charge in [-0.1, -0.05) is 30.3 Å². The number of rotatable bonds is 5. The standard InChI is InChI=1S/C20H26N4O/c1-15-14-17(21-3)23-19(22-15)20(2)12-7-13-24(20)18(25)11-10-16-8-5-4-6-9-16/h4-6,8-9,14H,7,10-13H2,1-3H3,(H,21,22,23)/t20-/m0/s1. The van der Waals surface area contributed by atoms with Crippen LogP contribution in [-0.2, 0) is 16.8 Å². The lowest BCUT2D eigenvalue weighted by atomic mass is 9.96. The number of nitrogens with one attached hydrogen (secondary N) is 1. The molecule has 25 heavy (non-hydrogen) atoms. The molecule has 3 rings (SSSR count). The molecule has 132 valence electrons. The molecule has 0 radical (unpaired) electrons. The highest BCUT2D eigenvalue weighted by molar-refractivity contribution is 5.77. The van der Waals surface area contributed by atoms with Crippen molar-refractivity contribution in [2.45, 2.75) is 45.1 Å². The molecule has 2 heterocycles. The third-order valence-electron chi connectivity index (χ3n) is 5.00. The molecule has 1 aliphatic heterocycles. The summed E-state index contributed by atoms with van der Waals surface area (Å²) in [7, 11) is 1.85. The Labute approximate surface area is 149 Å². The Morgan fingerprint density at radius 3 is 2.76 bits per heavy atom. The fourth-order valence-electron chi connectivity index (χ4n) is 3.56. The van der Waals surface area contributed by atoms with Crippen LogP contribution in [0.2, 0.25) is 0 Å². The van der Waals surface area contributed by atoms with E-state index in [1.807, 2.05) is 43.1 Å². The molecule has 1 aromatic carbocycles. The first-order valence-corrected chi connectivity index (χ1v) is 8.91. The largest absolute Gasteiger partial charge is 0.373 e. The molecule has 5 nitrogen and oxygen atoms in total. The molecule has 1 saturated heterocycles. The number of amides is 1. The number of anilines is 1. The lowest BCUT2D eigenvalue weighted by Gasteiger charge is -2.34. The fourth-order valence-corrected chi connectivity index (χ4v) is 3.56. The third-order valence-corrected chi connectivity index (χ3v) is 5.00. The molecular weight excluding hydrogens is 312 g/mol. The van der Waals surface area contributed by atoms with E-state index in [2.05, 4.69) is 34.3 Å². The first-order valence-electron chi connectivity index (χ1n) is 8.91. The predicted octanol–water partition coefficient (Wildman–Crippen LogP) is 3.30. The molecule has 1 N–H and O–H groups in total. The minimum absolute atomic E-state index is 0.181. The first-order chi connectivity index (χ1) is 12.0. The van der Waals surface area contributed by atoms with Crippen molar-refractivity contribution in [3.63, 3.8) is 0 Å². The second kappa shape index (κ2) is 7.21. The molecule has 1 amide bonds. The topological polar surface area (TPSA) is 58.1 Å². The highest BCUT2D eigenvalue weighted by atomic mass is 16.2. The number of hydrogen-bond donors (Lipinski definition) is 1. The molecule has 0 unspecified atom stereocenters. The number of carbonyl (C=O) groups is 1. The second-order valence-corrected chi connectivity index (χ2v) is 6.88. The third kappa shape index (κ3) is 3.65. The van der Waals surface area contributed by atoms with Gasteiger partial charge in [-0.3, -0.25) is 4.79 Å². The maximum Gasteiger partial charge on any atom is 0.223 e. The van der Waals surface area contributed by atoms with Crippen molar-refractivity contribution >= 4 is 11.7 Å². The van der Waals surface area contributed by atoms with Crippen LogP contribution in [0.15, 0.2) is 36.4 Å². The summed E-state index contributed by atoms with van der Waals surface area (Å²) in [4.78, 5) is 24.2. The predicted molar refractivity (Wildman–Crippen MR) is 99.4 cm³/mol. The number of likely N-dealkylation sites (tertiary alicyclic amines) is 1. The Morgan fingerprint density at radius 2 is 2.04 bits per heavy atom. The monoisotopic (exact) mass is 338 g/mol. The normalized spacial score (nSPS) is 19.9. The Morgan fingerprint density at radius 1 is 1.28 bits per heavy atom. The SMILES string of the molecule is CNc1cc(C)nc([C@]2(C)CCCN2C(=O)CCc2ccccc2)n1. The summed E-state index contributed by atoms with van der Waals surface area (Å²) in [5.41, 5.74) is 1.69. The summed E-state index contributed by atoms with van der Waals surface area (Å²) in [5, 5.41) is 3.09. The van der Waals surface area contributed by atoms with Crippen LogP contribution in [0.5, 0.6) is 0 Å². The van der Waals surface area contributed by atoms with Crippen LogP contribution < -0.4 is 5.32 Å². The zero-order valence-electron chi connectivity index (χ0n) is 15.2. The first kappa shape index (κ1) is 17.4. The van der Waals surface area contributed by atoms with Gasteiger partial charge in [0.05, 0.1) is 5.54 Å². The maximum absolute atomic E-state index is 12.9. The number of aryl methyl sites for hydroxylation is 2. The average Bonchev–Trinajstić information content (AvgIpc) is 3.03. The summed E-state index contributed by atoms with van der Waals surface area (Å²) in [6.07, 6.45) is 3.17. The number of aromatic nitrogens is 2. The van der Waals surface area contributed by atoms with E-state index in [-0.39, 0.29) is 5.91 Å². The van der Waals surface area contributed by atoms with Crippen molar-refractivity contribution in [3.05, 3.63) is 53.5 Å². The molecule has 1 atom stereocenters. The van der Waals surface area contributed by atoms with Crippen LogP contribution in [0.3, 0.4) is 0 Å². The van der Waals surface area contributed by atoms with Gasteiger partial charge in [-0.2, -0.15) is 0 Å². The highest BCUT2D eigenvalue weighted by Crippen LogP contribution is 2.37. The van der Waals surface area contributed by atoms with E-state index in [4.69, 9.17) is 0 Å². The van der Waals surface area contributed by atoms with E-state index in [1.54, 1.807) is 0 Å². The van der Waals surface area contributed by atoms with Crippen molar-refractivity contribution in [1.82, 2.24) is 14.9 Å². The van der Waals surface area contributed by atoms with Crippen molar-refractivity contribution in [1.29, 1.82) is 0 Å². The van der Waals surface area contributed by atoms with Gasteiger partial charge < -0.3 is 10.2 Å². The minimum atomic E-state index is -0.425. The number of hydrogen-bond acceptors (Lipinski definition) is 4. The van der Waals surface area contributed by atoms with Crippen molar-refractivity contribution in [2.75, 3.05) is 18.9 Å². The van der Waals surface area contributed by atoms with Gasteiger partial charge in [0, 0.05) is 31.8 Å². The van der Waals surface area contributed by atoms with E-state index in [0.717, 1.165) is 43.1 Å². The van der Waals surface area contributed by atoms with Gasteiger partial charge >= 0.3 is 0 Å². The van der Waals surface area contributed by atoms with Gasteiger partial charge in [0.15, 0.2) is 5.82 Å². The van der Waals surface area contributed by atoms with E-state index in [9.17, 15) is 4.79 Å². The Kier molecular flexibility index (Phi) is 5.02. The van der Waals surface area contributed by atoms with Crippen LogP contribution >= 0.6 is 0 Å². The Balaban J connectivity index is 1.79. The van der Waals surface area contributed by atoms with Crippen molar-refractivity contribution in [2.24, 2.45) is 0 Å². The van der Waals surface area contributed by atoms with Crippen molar-refractivity contribution in [3.8, 4) is 0 Å². The van der Waals surface area contributed by atoms with Crippen LogP contribution in [0.25, 0.3) is 0 Å². The lowest BCUT2D eigenvalue weighted by Crippen LogP contribution is -2.44. The smallest absolute Gasteiger partial charge is 0.223 e. The Hall–Kier alpha value is -2.43. The molecular formula is C20H26N4O. The maximum atomic E-state index is 12.9. The molecule has 1 fully saturated rings. The number of nitrogens with zero attached hydrogens (tertiary/aromatic N) is 3. The quantitative estimate of drug-likeness (QED) is 0.909. The van der Waals surface area contributed by atoms with E-state index in [0.29, 0.717) is 6.42 Å². The van der Waals surface area contributed by atoms with Gasteiger partial charge in [-0.05, 0) is 38.7 Å². The van der Waals surface area contributed by atoms with Crippen LogP contribution in [0, 0.1) is 6.92 Å². The van der Waals surface area contributed by atoms with Gasteiger partial charge in [0.2, 0.25) is 5.91 Å². The molecule has 0 aliphatic carbocycles. The number of benzene rings is 1. The van der Waals surface area contributed by atoms with E-state index < -0.39 is 5.54 Å². The zero-order chi connectivity index (χ0) is 17.9. The molecule has 0 bridgehead atoms. The number of carbonyl (C=O) groups excluding carboxylic acids is 1. The van der Waals surface area contributed by atoms with Gasteiger partial charge in [0.25, 0.3) is 0 Å². The molecule has 1 aliphatic rings.